The fourth-order valence-corrected chi connectivity index (χ4v) is 3.35. The van der Waals surface area contributed by atoms with Gasteiger partial charge in [0.1, 0.15) is 0 Å². The zero-order chi connectivity index (χ0) is 13.2. The van der Waals surface area contributed by atoms with Gasteiger partial charge in [-0.1, -0.05) is 40.9 Å². The molecule has 0 bridgehead atoms. The average molecular weight is 289 g/mol. The third-order valence-corrected chi connectivity index (χ3v) is 4.44. The van der Waals surface area contributed by atoms with Crippen LogP contribution in [0, 0.1) is 6.92 Å². The molecule has 2 heterocycles. The van der Waals surface area contributed by atoms with Gasteiger partial charge in [-0.15, -0.1) is 10.2 Å². The second kappa shape index (κ2) is 4.94. The summed E-state index contributed by atoms with van der Waals surface area (Å²) in [6, 6.07) is 9.88. The molecule has 0 amide bonds. The van der Waals surface area contributed by atoms with Crippen LogP contribution in [0.5, 0.6) is 0 Å². The van der Waals surface area contributed by atoms with Crippen LogP contribution in [0.2, 0.25) is 0 Å². The van der Waals surface area contributed by atoms with Gasteiger partial charge in [0.15, 0.2) is 10.1 Å². The Kier molecular flexibility index (Phi) is 3.14. The van der Waals surface area contributed by atoms with Crippen molar-refractivity contribution in [3.63, 3.8) is 0 Å². The molecule has 2 aromatic heterocycles. The van der Waals surface area contributed by atoms with Crippen molar-refractivity contribution in [2.45, 2.75) is 6.92 Å². The predicted octanol–water partition coefficient (Wildman–Crippen LogP) is 3.30. The quantitative estimate of drug-likeness (QED) is 0.773. The van der Waals surface area contributed by atoms with E-state index in [4.69, 9.17) is 5.73 Å². The van der Waals surface area contributed by atoms with E-state index in [2.05, 4.69) is 20.5 Å². The standard InChI is InChI=1S/C12H11N5S2/c1-7-9(18-11(13)14-7)10-16-17-12(19-10)15-8-5-3-2-4-6-8/h2-6H,1H3,(H2,13,14)(H,15,17). The van der Waals surface area contributed by atoms with Crippen LogP contribution in [-0.2, 0) is 0 Å². The van der Waals surface area contributed by atoms with Crippen molar-refractivity contribution in [2.24, 2.45) is 0 Å². The van der Waals surface area contributed by atoms with Crippen LogP contribution in [0.3, 0.4) is 0 Å². The molecule has 0 aliphatic carbocycles. The first-order chi connectivity index (χ1) is 9.22. The normalized spacial score (nSPS) is 10.6. The summed E-state index contributed by atoms with van der Waals surface area (Å²) in [6.45, 7) is 1.92. The van der Waals surface area contributed by atoms with E-state index in [0.29, 0.717) is 5.13 Å². The molecule has 19 heavy (non-hydrogen) atoms. The van der Waals surface area contributed by atoms with Crippen LogP contribution in [0.25, 0.3) is 9.88 Å². The molecule has 0 saturated carbocycles. The Morgan fingerprint density at radius 2 is 1.89 bits per heavy atom. The van der Waals surface area contributed by atoms with Crippen LogP contribution >= 0.6 is 22.7 Å². The number of rotatable bonds is 3. The van der Waals surface area contributed by atoms with Crippen LogP contribution in [0.4, 0.5) is 16.0 Å². The van der Waals surface area contributed by atoms with Gasteiger partial charge in [-0.05, 0) is 19.1 Å². The highest BCUT2D eigenvalue weighted by atomic mass is 32.1. The third kappa shape index (κ3) is 2.56. The van der Waals surface area contributed by atoms with Crippen LogP contribution in [0.1, 0.15) is 5.69 Å². The Balaban J connectivity index is 1.86. The lowest BCUT2D eigenvalue weighted by Gasteiger charge is -1.99. The molecule has 3 rings (SSSR count). The summed E-state index contributed by atoms with van der Waals surface area (Å²) in [5.74, 6) is 0. The first kappa shape index (κ1) is 12.1. The maximum atomic E-state index is 5.70. The molecule has 5 nitrogen and oxygen atoms in total. The number of nitrogen functional groups attached to an aromatic ring is 1. The highest BCUT2D eigenvalue weighted by molar-refractivity contribution is 7.25. The van der Waals surface area contributed by atoms with Gasteiger partial charge in [-0.2, -0.15) is 0 Å². The minimum absolute atomic E-state index is 0.556. The minimum Gasteiger partial charge on any atom is -0.375 e. The number of thiazole rings is 1. The molecule has 96 valence electrons. The highest BCUT2D eigenvalue weighted by Crippen LogP contribution is 2.35. The van der Waals surface area contributed by atoms with Crippen LogP contribution < -0.4 is 11.1 Å². The maximum Gasteiger partial charge on any atom is 0.210 e. The largest absolute Gasteiger partial charge is 0.375 e. The Bertz CT molecular complexity index is 689. The van der Waals surface area contributed by atoms with Gasteiger partial charge in [-0.3, -0.25) is 0 Å². The molecule has 3 aromatic rings. The van der Waals surface area contributed by atoms with Crippen molar-refractivity contribution in [2.75, 3.05) is 11.1 Å². The topological polar surface area (TPSA) is 76.7 Å². The van der Waals surface area contributed by atoms with Gasteiger partial charge < -0.3 is 11.1 Å². The number of nitrogens with two attached hydrogens (primary N) is 1. The first-order valence-electron chi connectivity index (χ1n) is 5.61. The molecule has 0 unspecified atom stereocenters. The molecule has 0 atom stereocenters. The third-order valence-electron chi connectivity index (χ3n) is 2.46. The fraction of sp³-hybridized carbons (Fsp3) is 0.0833. The number of para-hydroxylation sites is 1. The van der Waals surface area contributed by atoms with Gasteiger partial charge in [-0.25, -0.2) is 4.98 Å². The number of nitrogens with one attached hydrogen (secondary N) is 1. The van der Waals surface area contributed by atoms with Crippen molar-refractivity contribution < 1.29 is 0 Å². The Hall–Kier alpha value is -1.99. The van der Waals surface area contributed by atoms with Crippen LogP contribution in [0.15, 0.2) is 30.3 Å². The minimum atomic E-state index is 0.556. The number of hydrogen-bond donors (Lipinski definition) is 2. The van der Waals surface area contributed by atoms with E-state index >= 15 is 0 Å². The number of benzene rings is 1. The number of aryl methyl sites for hydroxylation is 1. The van der Waals surface area contributed by atoms with E-state index in [1.807, 2.05) is 37.3 Å². The van der Waals surface area contributed by atoms with Crippen molar-refractivity contribution in [1.82, 2.24) is 15.2 Å². The van der Waals surface area contributed by atoms with Gasteiger partial charge in [0, 0.05) is 5.69 Å². The number of hydrogen-bond acceptors (Lipinski definition) is 7. The van der Waals surface area contributed by atoms with Gasteiger partial charge >= 0.3 is 0 Å². The predicted molar refractivity (Wildman–Crippen MR) is 79.9 cm³/mol. The van der Waals surface area contributed by atoms with Gasteiger partial charge in [0.25, 0.3) is 0 Å². The Morgan fingerprint density at radius 3 is 2.58 bits per heavy atom. The summed E-state index contributed by atoms with van der Waals surface area (Å²) in [5.41, 5.74) is 7.58. The van der Waals surface area contributed by atoms with Crippen molar-refractivity contribution >= 4 is 38.6 Å². The summed E-state index contributed by atoms with van der Waals surface area (Å²) in [4.78, 5) is 5.18. The van der Waals surface area contributed by atoms with E-state index in [-0.39, 0.29) is 0 Å². The molecule has 0 fully saturated rings. The lowest BCUT2D eigenvalue weighted by molar-refractivity contribution is 1.10. The zero-order valence-electron chi connectivity index (χ0n) is 10.1. The SMILES string of the molecule is Cc1nc(N)sc1-c1nnc(Nc2ccccc2)s1. The monoisotopic (exact) mass is 289 g/mol. The smallest absolute Gasteiger partial charge is 0.210 e. The summed E-state index contributed by atoms with van der Waals surface area (Å²) in [6.07, 6.45) is 0. The van der Waals surface area contributed by atoms with Gasteiger partial charge in [0.2, 0.25) is 5.13 Å². The molecule has 3 N–H and O–H groups in total. The lowest BCUT2D eigenvalue weighted by atomic mass is 10.3. The molecular weight excluding hydrogens is 278 g/mol. The molecule has 1 aromatic carbocycles. The summed E-state index contributed by atoms with van der Waals surface area (Å²) in [5, 5.41) is 13.7. The average Bonchev–Trinajstić information content (AvgIpc) is 2.97. The molecule has 0 aliphatic heterocycles. The van der Waals surface area contributed by atoms with E-state index in [1.165, 1.54) is 22.7 Å². The Labute approximate surface area is 118 Å². The van der Waals surface area contributed by atoms with Gasteiger partial charge in [0.05, 0.1) is 10.6 Å². The van der Waals surface area contributed by atoms with Crippen LogP contribution in [-0.4, -0.2) is 15.2 Å². The van der Waals surface area contributed by atoms with Crippen molar-refractivity contribution in [3.05, 3.63) is 36.0 Å². The highest BCUT2D eigenvalue weighted by Gasteiger charge is 2.13. The van der Waals surface area contributed by atoms with Crippen molar-refractivity contribution in [1.29, 1.82) is 0 Å². The molecule has 0 saturated heterocycles. The molecule has 0 aliphatic rings. The molecule has 7 heteroatoms. The Morgan fingerprint density at radius 1 is 1.11 bits per heavy atom. The lowest BCUT2D eigenvalue weighted by Crippen LogP contribution is -1.87. The van der Waals surface area contributed by atoms with E-state index in [1.54, 1.807) is 0 Å². The summed E-state index contributed by atoms with van der Waals surface area (Å²) < 4.78 is 0. The second-order valence-corrected chi connectivity index (χ2v) is 5.88. The number of aromatic nitrogens is 3. The van der Waals surface area contributed by atoms with Crippen molar-refractivity contribution in [3.8, 4) is 9.88 Å². The zero-order valence-corrected chi connectivity index (χ0v) is 11.8. The number of nitrogens with zero attached hydrogens (tertiary/aromatic N) is 3. The van der Waals surface area contributed by atoms with E-state index in [9.17, 15) is 0 Å². The number of anilines is 3. The second-order valence-electron chi connectivity index (χ2n) is 3.87. The summed E-state index contributed by atoms with van der Waals surface area (Å²) >= 11 is 2.92. The fourth-order valence-electron chi connectivity index (χ4n) is 1.63. The molecule has 0 radical (unpaired) electrons. The van der Waals surface area contributed by atoms with E-state index in [0.717, 1.165) is 26.4 Å². The molecular formula is C12H11N5S2. The maximum absolute atomic E-state index is 5.70. The van der Waals surface area contributed by atoms with E-state index < -0.39 is 0 Å². The summed E-state index contributed by atoms with van der Waals surface area (Å²) in [7, 11) is 0. The first-order valence-corrected chi connectivity index (χ1v) is 7.24. The molecule has 0 spiro atoms.